The third-order valence-electron chi connectivity index (χ3n) is 3.61. The fourth-order valence-corrected chi connectivity index (χ4v) is 1.93. The second kappa shape index (κ2) is 7.29. The van der Waals surface area contributed by atoms with Gasteiger partial charge in [-0.15, -0.1) is 0 Å². The molecule has 0 saturated carbocycles. The Bertz CT molecular complexity index is 389. The van der Waals surface area contributed by atoms with Gasteiger partial charge in [0.15, 0.2) is 0 Å². The van der Waals surface area contributed by atoms with E-state index < -0.39 is 6.04 Å². The Morgan fingerprint density at radius 1 is 1.21 bits per heavy atom. The molecule has 3 nitrogen and oxygen atoms in total. The second-order valence-corrected chi connectivity index (χ2v) is 5.48. The van der Waals surface area contributed by atoms with Crippen LogP contribution < -0.4 is 5.73 Å². The van der Waals surface area contributed by atoms with Gasteiger partial charge in [-0.25, -0.2) is 0 Å². The van der Waals surface area contributed by atoms with Gasteiger partial charge in [0.2, 0.25) is 5.91 Å². The summed E-state index contributed by atoms with van der Waals surface area (Å²) in [4.78, 5) is 14.4. The molecular weight excluding hydrogens is 236 g/mol. The lowest BCUT2D eigenvalue weighted by atomic mass is 10.0. The molecular formula is C16H26N2O. The molecule has 0 bridgehead atoms. The molecule has 1 aromatic carbocycles. The number of rotatable bonds is 6. The summed E-state index contributed by atoms with van der Waals surface area (Å²) in [5.41, 5.74) is 7.16. The Morgan fingerprint density at radius 2 is 1.79 bits per heavy atom. The Kier molecular flexibility index (Phi) is 6.03. The third-order valence-corrected chi connectivity index (χ3v) is 3.61. The SMILES string of the molecule is CCC(C)N(Cc1ccccc1)C(=O)C(N)C(C)C. The minimum absolute atomic E-state index is 0.0493. The van der Waals surface area contributed by atoms with Gasteiger partial charge in [-0.2, -0.15) is 0 Å². The minimum Gasteiger partial charge on any atom is -0.334 e. The predicted octanol–water partition coefficient (Wildman–Crippen LogP) is 2.80. The summed E-state index contributed by atoms with van der Waals surface area (Å²) in [6.45, 7) is 8.78. The smallest absolute Gasteiger partial charge is 0.240 e. The van der Waals surface area contributed by atoms with Gasteiger partial charge in [0.25, 0.3) is 0 Å². The van der Waals surface area contributed by atoms with Gasteiger partial charge in [0, 0.05) is 12.6 Å². The Labute approximate surface area is 116 Å². The molecule has 0 spiro atoms. The minimum atomic E-state index is -0.419. The molecule has 2 unspecified atom stereocenters. The van der Waals surface area contributed by atoms with Crippen LogP contribution in [0.4, 0.5) is 0 Å². The summed E-state index contributed by atoms with van der Waals surface area (Å²) in [6, 6.07) is 9.86. The van der Waals surface area contributed by atoms with Gasteiger partial charge in [0.1, 0.15) is 0 Å². The van der Waals surface area contributed by atoms with Crippen molar-refractivity contribution in [3.63, 3.8) is 0 Å². The quantitative estimate of drug-likeness (QED) is 0.857. The van der Waals surface area contributed by atoms with Gasteiger partial charge < -0.3 is 10.6 Å². The summed E-state index contributed by atoms with van der Waals surface area (Å²) in [5.74, 6) is 0.211. The van der Waals surface area contributed by atoms with Gasteiger partial charge in [0.05, 0.1) is 6.04 Å². The zero-order valence-corrected chi connectivity index (χ0v) is 12.5. The van der Waals surface area contributed by atoms with Crippen molar-refractivity contribution in [1.29, 1.82) is 0 Å². The lowest BCUT2D eigenvalue weighted by molar-refractivity contribution is -0.136. The van der Waals surface area contributed by atoms with Gasteiger partial charge in [-0.05, 0) is 24.8 Å². The average molecular weight is 262 g/mol. The first-order valence-electron chi connectivity index (χ1n) is 7.07. The van der Waals surface area contributed by atoms with E-state index in [4.69, 9.17) is 5.73 Å². The van der Waals surface area contributed by atoms with E-state index in [0.29, 0.717) is 6.54 Å². The van der Waals surface area contributed by atoms with Crippen molar-refractivity contribution in [2.24, 2.45) is 11.7 Å². The maximum atomic E-state index is 12.5. The number of amides is 1. The number of benzene rings is 1. The molecule has 2 N–H and O–H groups in total. The molecule has 1 rings (SSSR count). The van der Waals surface area contributed by atoms with E-state index in [2.05, 4.69) is 13.8 Å². The van der Waals surface area contributed by atoms with E-state index in [1.165, 1.54) is 0 Å². The van der Waals surface area contributed by atoms with Crippen molar-refractivity contribution < 1.29 is 4.79 Å². The lowest BCUT2D eigenvalue weighted by Gasteiger charge is -2.32. The van der Waals surface area contributed by atoms with Crippen LogP contribution in [0.15, 0.2) is 30.3 Å². The highest BCUT2D eigenvalue weighted by Gasteiger charge is 2.26. The maximum Gasteiger partial charge on any atom is 0.240 e. The Balaban J connectivity index is 2.86. The first-order valence-corrected chi connectivity index (χ1v) is 7.07. The van der Waals surface area contributed by atoms with E-state index in [0.717, 1.165) is 12.0 Å². The first kappa shape index (κ1) is 15.7. The van der Waals surface area contributed by atoms with E-state index in [1.54, 1.807) is 0 Å². The molecule has 0 aliphatic carbocycles. The normalized spacial score (nSPS) is 14.2. The molecule has 2 atom stereocenters. The zero-order valence-electron chi connectivity index (χ0n) is 12.5. The molecule has 0 fully saturated rings. The van der Waals surface area contributed by atoms with Crippen LogP contribution in [-0.2, 0) is 11.3 Å². The number of carbonyl (C=O) groups excluding carboxylic acids is 1. The fraction of sp³-hybridized carbons (Fsp3) is 0.562. The molecule has 1 amide bonds. The Morgan fingerprint density at radius 3 is 2.26 bits per heavy atom. The van der Waals surface area contributed by atoms with Crippen molar-refractivity contribution >= 4 is 5.91 Å². The van der Waals surface area contributed by atoms with Crippen molar-refractivity contribution in [1.82, 2.24) is 4.90 Å². The molecule has 0 aliphatic heterocycles. The molecule has 0 radical (unpaired) electrons. The molecule has 3 heteroatoms. The standard InChI is InChI=1S/C16H26N2O/c1-5-13(4)18(16(19)15(17)12(2)3)11-14-9-7-6-8-10-14/h6-10,12-13,15H,5,11,17H2,1-4H3. The molecule has 0 heterocycles. The van der Waals surface area contributed by atoms with Crippen LogP contribution in [0, 0.1) is 5.92 Å². The second-order valence-electron chi connectivity index (χ2n) is 5.48. The molecule has 0 aromatic heterocycles. The van der Waals surface area contributed by atoms with Crippen molar-refractivity contribution in [3.05, 3.63) is 35.9 Å². The topological polar surface area (TPSA) is 46.3 Å². The number of carbonyl (C=O) groups is 1. The molecule has 0 saturated heterocycles. The largest absolute Gasteiger partial charge is 0.334 e. The monoisotopic (exact) mass is 262 g/mol. The highest BCUT2D eigenvalue weighted by atomic mass is 16.2. The first-order chi connectivity index (χ1) is 8.97. The maximum absolute atomic E-state index is 12.5. The third kappa shape index (κ3) is 4.35. The molecule has 1 aromatic rings. The van der Waals surface area contributed by atoms with Crippen LogP contribution in [0.2, 0.25) is 0 Å². The van der Waals surface area contributed by atoms with Crippen LogP contribution in [0.3, 0.4) is 0 Å². The van der Waals surface area contributed by atoms with E-state index in [-0.39, 0.29) is 17.9 Å². The fourth-order valence-electron chi connectivity index (χ4n) is 1.93. The van der Waals surface area contributed by atoms with Crippen LogP contribution >= 0.6 is 0 Å². The van der Waals surface area contributed by atoms with Crippen molar-refractivity contribution in [2.45, 2.75) is 52.7 Å². The van der Waals surface area contributed by atoms with Crippen LogP contribution in [0.25, 0.3) is 0 Å². The van der Waals surface area contributed by atoms with Crippen molar-refractivity contribution in [2.75, 3.05) is 0 Å². The van der Waals surface area contributed by atoms with Gasteiger partial charge >= 0.3 is 0 Å². The Hall–Kier alpha value is -1.35. The predicted molar refractivity (Wildman–Crippen MR) is 79.6 cm³/mol. The number of nitrogens with two attached hydrogens (primary N) is 1. The number of hydrogen-bond acceptors (Lipinski definition) is 2. The summed E-state index contributed by atoms with van der Waals surface area (Å²) >= 11 is 0. The van der Waals surface area contributed by atoms with Gasteiger partial charge in [-0.1, -0.05) is 51.1 Å². The van der Waals surface area contributed by atoms with Crippen molar-refractivity contribution in [3.8, 4) is 0 Å². The summed E-state index contributed by atoms with van der Waals surface area (Å²) < 4.78 is 0. The van der Waals surface area contributed by atoms with E-state index in [1.807, 2.05) is 49.1 Å². The number of nitrogens with zero attached hydrogens (tertiary/aromatic N) is 1. The summed E-state index contributed by atoms with van der Waals surface area (Å²) in [7, 11) is 0. The zero-order chi connectivity index (χ0) is 14.4. The van der Waals surface area contributed by atoms with E-state index >= 15 is 0 Å². The lowest BCUT2D eigenvalue weighted by Crippen LogP contribution is -2.49. The molecule has 0 aliphatic rings. The van der Waals surface area contributed by atoms with E-state index in [9.17, 15) is 4.79 Å². The molecule has 106 valence electrons. The van der Waals surface area contributed by atoms with Crippen LogP contribution in [-0.4, -0.2) is 22.9 Å². The van der Waals surface area contributed by atoms with Crippen LogP contribution in [0.1, 0.15) is 39.7 Å². The summed E-state index contributed by atoms with van der Waals surface area (Å²) in [6.07, 6.45) is 0.934. The summed E-state index contributed by atoms with van der Waals surface area (Å²) in [5, 5.41) is 0. The highest BCUT2D eigenvalue weighted by Crippen LogP contribution is 2.14. The number of hydrogen-bond donors (Lipinski definition) is 1. The average Bonchev–Trinajstić information content (AvgIpc) is 2.43. The van der Waals surface area contributed by atoms with Gasteiger partial charge in [-0.3, -0.25) is 4.79 Å². The molecule has 19 heavy (non-hydrogen) atoms. The highest BCUT2D eigenvalue weighted by molar-refractivity contribution is 5.82. The van der Waals surface area contributed by atoms with Crippen LogP contribution in [0.5, 0.6) is 0 Å².